The number of rotatable bonds is 4. The van der Waals surface area contributed by atoms with Gasteiger partial charge in [-0.05, 0) is 54.0 Å². The van der Waals surface area contributed by atoms with Crippen molar-refractivity contribution in [3.05, 3.63) is 56.9 Å². The van der Waals surface area contributed by atoms with Crippen molar-refractivity contribution in [1.29, 1.82) is 0 Å². The first-order chi connectivity index (χ1) is 9.63. The molecule has 0 saturated carbocycles. The molecule has 0 saturated heterocycles. The summed E-state index contributed by atoms with van der Waals surface area (Å²) in [5.41, 5.74) is 0.947. The second kappa shape index (κ2) is 5.72. The largest absolute Gasteiger partial charge is 0.459 e. The van der Waals surface area contributed by atoms with E-state index in [2.05, 4.69) is 59.4 Å². The second-order valence-electron chi connectivity index (χ2n) is 4.94. The number of fused-ring (bicyclic) bond motifs is 1. The minimum Gasteiger partial charge on any atom is -0.459 e. The van der Waals surface area contributed by atoms with Gasteiger partial charge in [0.25, 0.3) is 0 Å². The molecular formula is C16H16BrNOS. The van der Waals surface area contributed by atoms with Gasteiger partial charge in [-0.25, -0.2) is 0 Å². The smallest absolute Gasteiger partial charge is 0.134 e. The van der Waals surface area contributed by atoms with E-state index in [0.717, 1.165) is 20.5 Å². The molecular weight excluding hydrogens is 334 g/mol. The van der Waals surface area contributed by atoms with Crippen molar-refractivity contribution in [1.82, 2.24) is 5.32 Å². The summed E-state index contributed by atoms with van der Waals surface area (Å²) in [5, 5.41) is 4.74. The van der Waals surface area contributed by atoms with E-state index < -0.39 is 0 Å². The fourth-order valence-corrected chi connectivity index (χ4v) is 3.75. The van der Waals surface area contributed by atoms with E-state index in [1.807, 2.05) is 18.2 Å². The summed E-state index contributed by atoms with van der Waals surface area (Å²) in [4.78, 5) is 1.32. The van der Waals surface area contributed by atoms with Crippen LogP contribution >= 0.6 is 27.3 Å². The first kappa shape index (κ1) is 13.9. The topological polar surface area (TPSA) is 25.2 Å². The van der Waals surface area contributed by atoms with Gasteiger partial charge >= 0.3 is 0 Å². The molecule has 1 N–H and O–H groups in total. The zero-order valence-corrected chi connectivity index (χ0v) is 13.8. The molecule has 2 nitrogen and oxygen atoms in total. The molecule has 3 rings (SSSR count). The molecule has 0 radical (unpaired) electrons. The number of nitrogens with one attached hydrogen (secondary N) is 1. The zero-order valence-electron chi connectivity index (χ0n) is 11.4. The van der Waals surface area contributed by atoms with E-state index in [0.29, 0.717) is 6.04 Å². The molecule has 4 heteroatoms. The molecule has 3 aromatic rings. The maximum Gasteiger partial charge on any atom is 0.134 e. The predicted octanol–water partition coefficient (Wildman–Crippen LogP) is 5.67. The molecule has 2 aromatic heterocycles. The highest BCUT2D eigenvalue weighted by Crippen LogP contribution is 2.30. The van der Waals surface area contributed by atoms with Crippen LogP contribution in [0.15, 0.2) is 50.7 Å². The molecule has 0 aliphatic heterocycles. The van der Waals surface area contributed by atoms with Crippen molar-refractivity contribution in [3.8, 4) is 0 Å². The highest BCUT2D eigenvalue weighted by molar-refractivity contribution is 9.11. The Balaban J connectivity index is 1.76. The molecule has 1 aromatic carbocycles. The average Bonchev–Trinajstić information content (AvgIpc) is 3.04. The lowest BCUT2D eigenvalue weighted by molar-refractivity contribution is 0.420. The third-order valence-corrected chi connectivity index (χ3v) is 5.20. The van der Waals surface area contributed by atoms with E-state index in [1.165, 1.54) is 4.88 Å². The highest BCUT2D eigenvalue weighted by Gasteiger charge is 2.15. The summed E-state index contributed by atoms with van der Waals surface area (Å²) in [6.07, 6.45) is 0. The normalized spacial score (nSPS) is 14.6. The average molecular weight is 350 g/mol. The Bertz CT molecular complexity index is 685. The lowest BCUT2D eigenvalue weighted by Crippen LogP contribution is -2.21. The number of halogens is 1. The van der Waals surface area contributed by atoms with Crippen LogP contribution in [0.1, 0.15) is 36.6 Å². The fraction of sp³-hybridized carbons (Fsp3) is 0.250. The van der Waals surface area contributed by atoms with E-state index in [9.17, 15) is 0 Å². The van der Waals surface area contributed by atoms with Crippen molar-refractivity contribution in [2.75, 3.05) is 0 Å². The van der Waals surface area contributed by atoms with Crippen molar-refractivity contribution in [2.45, 2.75) is 25.9 Å². The molecule has 2 unspecified atom stereocenters. The Hall–Kier alpha value is -1.10. The zero-order chi connectivity index (χ0) is 14.1. The van der Waals surface area contributed by atoms with Crippen LogP contribution in [0, 0.1) is 0 Å². The molecule has 20 heavy (non-hydrogen) atoms. The van der Waals surface area contributed by atoms with Crippen LogP contribution in [0.2, 0.25) is 0 Å². The first-order valence-corrected chi connectivity index (χ1v) is 8.24. The van der Waals surface area contributed by atoms with Crippen molar-refractivity contribution < 1.29 is 4.42 Å². The van der Waals surface area contributed by atoms with Gasteiger partial charge in [0, 0.05) is 16.3 Å². The Morgan fingerprint density at radius 2 is 1.90 bits per heavy atom. The van der Waals surface area contributed by atoms with E-state index in [-0.39, 0.29) is 6.04 Å². The lowest BCUT2D eigenvalue weighted by atomic mass is 10.2. The standard InChI is InChI=1S/C16H16BrNOS/c1-10(18-11(2)15-7-8-16(17)20-15)14-9-12-5-3-4-6-13(12)19-14/h3-11,18H,1-2H3. The third-order valence-electron chi connectivity index (χ3n) is 3.39. The maximum absolute atomic E-state index is 5.90. The Morgan fingerprint density at radius 3 is 2.60 bits per heavy atom. The van der Waals surface area contributed by atoms with Gasteiger partial charge in [-0.1, -0.05) is 18.2 Å². The molecule has 2 heterocycles. The predicted molar refractivity (Wildman–Crippen MR) is 88.2 cm³/mol. The number of benzene rings is 1. The molecule has 104 valence electrons. The van der Waals surface area contributed by atoms with Crippen molar-refractivity contribution in [3.63, 3.8) is 0 Å². The fourth-order valence-electron chi connectivity index (χ4n) is 2.32. The van der Waals surface area contributed by atoms with E-state index in [4.69, 9.17) is 4.42 Å². The summed E-state index contributed by atoms with van der Waals surface area (Å²) in [7, 11) is 0. The number of hydrogen-bond donors (Lipinski definition) is 1. The Kier molecular flexibility index (Phi) is 3.96. The van der Waals surface area contributed by atoms with Crippen molar-refractivity contribution in [2.24, 2.45) is 0 Å². The van der Waals surface area contributed by atoms with Crippen molar-refractivity contribution >= 4 is 38.2 Å². The van der Waals surface area contributed by atoms with Crippen LogP contribution in [-0.2, 0) is 0 Å². The number of hydrogen-bond acceptors (Lipinski definition) is 3. The molecule has 0 spiro atoms. The Labute approximate surface area is 130 Å². The number of furan rings is 1. The second-order valence-corrected chi connectivity index (χ2v) is 7.43. The van der Waals surface area contributed by atoms with E-state index >= 15 is 0 Å². The SMILES string of the molecule is CC(NC(C)c1ccc(Br)s1)c1cc2ccccc2o1. The molecule has 0 fully saturated rings. The van der Waals surface area contributed by atoms with Crippen LogP contribution in [0.4, 0.5) is 0 Å². The summed E-state index contributed by atoms with van der Waals surface area (Å²) < 4.78 is 7.07. The van der Waals surface area contributed by atoms with Gasteiger partial charge in [-0.3, -0.25) is 0 Å². The van der Waals surface area contributed by atoms with Gasteiger partial charge in [0.05, 0.1) is 9.83 Å². The van der Waals surface area contributed by atoms with Crippen LogP contribution < -0.4 is 5.32 Å². The highest BCUT2D eigenvalue weighted by atomic mass is 79.9. The molecule has 2 atom stereocenters. The quantitative estimate of drug-likeness (QED) is 0.656. The maximum atomic E-state index is 5.90. The summed E-state index contributed by atoms with van der Waals surface area (Å²) in [6, 6.07) is 14.9. The summed E-state index contributed by atoms with van der Waals surface area (Å²) in [6.45, 7) is 4.31. The van der Waals surface area contributed by atoms with Gasteiger partial charge < -0.3 is 9.73 Å². The van der Waals surface area contributed by atoms with Gasteiger partial charge in [0.1, 0.15) is 11.3 Å². The molecule has 0 aliphatic rings. The van der Waals surface area contributed by atoms with Crippen LogP contribution in [0.25, 0.3) is 11.0 Å². The monoisotopic (exact) mass is 349 g/mol. The van der Waals surface area contributed by atoms with Gasteiger partial charge in [0.15, 0.2) is 0 Å². The lowest BCUT2D eigenvalue weighted by Gasteiger charge is -2.17. The molecule has 0 bridgehead atoms. The van der Waals surface area contributed by atoms with Crippen LogP contribution in [0.3, 0.4) is 0 Å². The van der Waals surface area contributed by atoms with Gasteiger partial charge in [0.2, 0.25) is 0 Å². The number of para-hydroxylation sites is 1. The minimum atomic E-state index is 0.179. The van der Waals surface area contributed by atoms with E-state index in [1.54, 1.807) is 11.3 Å². The first-order valence-electron chi connectivity index (χ1n) is 6.63. The van der Waals surface area contributed by atoms with Gasteiger partial charge in [-0.2, -0.15) is 0 Å². The van der Waals surface area contributed by atoms with Gasteiger partial charge in [-0.15, -0.1) is 11.3 Å². The van der Waals surface area contributed by atoms with Crippen LogP contribution in [-0.4, -0.2) is 0 Å². The van der Waals surface area contributed by atoms with Crippen LogP contribution in [0.5, 0.6) is 0 Å². The third kappa shape index (κ3) is 2.82. The minimum absolute atomic E-state index is 0.179. The Morgan fingerprint density at radius 1 is 1.10 bits per heavy atom. The summed E-state index contributed by atoms with van der Waals surface area (Å²) in [5.74, 6) is 0.980. The molecule has 0 amide bonds. The summed E-state index contributed by atoms with van der Waals surface area (Å²) >= 11 is 5.27. The molecule has 0 aliphatic carbocycles. The number of thiophene rings is 1.